The highest BCUT2D eigenvalue weighted by molar-refractivity contribution is 5.83. The second-order valence-electron chi connectivity index (χ2n) is 8.77. The van der Waals surface area contributed by atoms with Gasteiger partial charge in [-0.15, -0.1) is 0 Å². The molecule has 1 saturated carbocycles. The van der Waals surface area contributed by atoms with E-state index in [2.05, 4.69) is 41.1 Å². The Morgan fingerprint density at radius 2 is 2.16 bits per heavy atom. The van der Waals surface area contributed by atoms with Crippen LogP contribution in [0.3, 0.4) is 0 Å². The van der Waals surface area contributed by atoms with Crippen molar-refractivity contribution < 1.29 is 14.6 Å². The molecule has 4 aliphatic heterocycles. The fourth-order valence-corrected chi connectivity index (χ4v) is 7.32. The minimum Gasteiger partial charge on any atom is -0.454 e. The van der Waals surface area contributed by atoms with Gasteiger partial charge in [-0.1, -0.05) is 18.2 Å². The molecule has 3 bridgehead atoms. The molecule has 4 fully saturated rings. The molecule has 3 saturated heterocycles. The summed E-state index contributed by atoms with van der Waals surface area (Å²) in [7, 11) is 2.19. The molecule has 1 N–H and O–H groups in total. The minimum atomic E-state index is -0.716. The first-order valence-corrected chi connectivity index (χ1v) is 9.48. The first-order chi connectivity index (χ1) is 12.0. The van der Waals surface area contributed by atoms with E-state index in [1.54, 1.807) is 6.92 Å². The molecular formula is C20H24N2O3. The highest BCUT2D eigenvalue weighted by atomic mass is 16.6. The van der Waals surface area contributed by atoms with Crippen LogP contribution >= 0.6 is 0 Å². The predicted octanol–water partition coefficient (Wildman–Crippen LogP) is 1.14. The quantitative estimate of drug-likeness (QED) is 0.777. The highest BCUT2D eigenvalue weighted by Gasteiger charge is 2.76. The van der Waals surface area contributed by atoms with Gasteiger partial charge in [0, 0.05) is 36.7 Å². The van der Waals surface area contributed by atoms with E-state index in [0.717, 1.165) is 19.4 Å². The maximum atomic E-state index is 13.2. The van der Waals surface area contributed by atoms with Crippen LogP contribution in [0.1, 0.15) is 25.3 Å². The van der Waals surface area contributed by atoms with E-state index in [4.69, 9.17) is 4.74 Å². The van der Waals surface area contributed by atoms with Crippen LogP contribution < -0.4 is 4.90 Å². The van der Waals surface area contributed by atoms with Crippen LogP contribution in [0.2, 0.25) is 0 Å². The summed E-state index contributed by atoms with van der Waals surface area (Å²) >= 11 is 0. The Bertz CT molecular complexity index is 795. The van der Waals surface area contributed by atoms with E-state index in [0.29, 0.717) is 18.6 Å². The number of aliphatic hydroxyl groups excluding tert-OH is 1. The van der Waals surface area contributed by atoms with Crippen LogP contribution in [-0.2, 0) is 14.9 Å². The van der Waals surface area contributed by atoms with Gasteiger partial charge in [0.15, 0.2) is 5.60 Å². The smallest absolute Gasteiger partial charge is 0.311 e. The molecule has 4 heterocycles. The fourth-order valence-electron chi connectivity index (χ4n) is 7.32. The number of piperidine rings is 2. The van der Waals surface area contributed by atoms with Crippen LogP contribution in [0.25, 0.3) is 0 Å². The molecule has 1 aliphatic carbocycles. The number of carbonyl (C=O) groups excluding carboxylic acids is 1. The van der Waals surface area contributed by atoms with Gasteiger partial charge in [-0.3, -0.25) is 9.69 Å². The highest BCUT2D eigenvalue weighted by Crippen LogP contribution is 2.67. The third kappa shape index (κ3) is 1.34. The zero-order chi connectivity index (χ0) is 17.1. The Hall–Kier alpha value is -1.59. The molecule has 7 atom stereocenters. The molecule has 0 spiro atoms. The maximum absolute atomic E-state index is 13.2. The van der Waals surface area contributed by atoms with Gasteiger partial charge in [0.2, 0.25) is 0 Å². The van der Waals surface area contributed by atoms with Crippen LogP contribution in [0, 0.1) is 11.8 Å². The van der Waals surface area contributed by atoms with E-state index in [1.165, 1.54) is 11.3 Å². The third-order valence-corrected chi connectivity index (χ3v) is 8.16. The van der Waals surface area contributed by atoms with Gasteiger partial charge >= 0.3 is 5.97 Å². The van der Waals surface area contributed by atoms with Crippen molar-refractivity contribution in [3.05, 3.63) is 29.8 Å². The van der Waals surface area contributed by atoms with Crippen LogP contribution in [0.4, 0.5) is 5.69 Å². The van der Waals surface area contributed by atoms with E-state index >= 15 is 0 Å². The summed E-state index contributed by atoms with van der Waals surface area (Å²) < 4.78 is 6.03. The summed E-state index contributed by atoms with van der Waals surface area (Å²) in [5.74, 6) is -0.0857. The summed E-state index contributed by atoms with van der Waals surface area (Å²) in [6, 6.07) is 9.37. The average molecular weight is 340 g/mol. The number of hydrogen-bond donors (Lipinski definition) is 1. The van der Waals surface area contributed by atoms with E-state index < -0.39 is 11.7 Å². The summed E-state index contributed by atoms with van der Waals surface area (Å²) in [6.07, 6.45) is 1.32. The molecule has 6 rings (SSSR count). The topological polar surface area (TPSA) is 53.0 Å². The summed E-state index contributed by atoms with van der Waals surface area (Å²) in [6.45, 7) is 3.46. The SMILES string of the molecule is CC(O)C12CN3CCC45c6ccccc6N(C)C4C3CC1C5C(=O)O2. The van der Waals surface area contributed by atoms with Gasteiger partial charge in [0.05, 0.1) is 18.1 Å². The Kier molecular flexibility index (Phi) is 2.45. The number of para-hydroxylation sites is 1. The molecule has 5 heteroatoms. The van der Waals surface area contributed by atoms with Crippen molar-refractivity contribution in [3.63, 3.8) is 0 Å². The summed E-state index contributed by atoms with van der Waals surface area (Å²) in [5.41, 5.74) is 1.71. The normalized spacial score (nSPS) is 47.5. The van der Waals surface area contributed by atoms with E-state index in [1.807, 2.05) is 0 Å². The number of anilines is 1. The summed E-state index contributed by atoms with van der Waals surface area (Å²) in [5, 5.41) is 10.6. The second-order valence-corrected chi connectivity index (χ2v) is 8.77. The van der Waals surface area contributed by atoms with Gasteiger partial charge in [0.25, 0.3) is 0 Å². The van der Waals surface area contributed by atoms with Crippen LogP contribution in [-0.4, -0.2) is 59.9 Å². The van der Waals surface area contributed by atoms with Crippen molar-refractivity contribution in [3.8, 4) is 0 Å². The number of benzene rings is 1. The van der Waals surface area contributed by atoms with Crippen molar-refractivity contribution in [2.45, 2.75) is 49.0 Å². The van der Waals surface area contributed by atoms with Gasteiger partial charge < -0.3 is 14.7 Å². The molecule has 0 amide bonds. The Morgan fingerprint density at radius 1 is 1.36 bits per heavy atom. The zero-order valence-corrected chi connectivity index (χ0v) is 14.7. The Labute approximate surface area is 147 Å². The number of rotatable bonds is 1. The average Bonchev–Trinajstić information content (AvgIpc) is 3.07. The number of fused-ring (bicyclic) bond motifs is 1. The van der Waals surface area contributed by atoms with E-state index in [-0.39, 0.29) is 23.2 Å². The fraction of sp³-hybridized carbons (Fsp3) is 0.650. The number of ether oxygens (including phenoxy) is 1. The lowest BCUT2D eigenvalue weighted by molar-refractivity contribution is -0.179. The van der Waals surface area contributed by atoms with E-state index in [9.17, 15) is 9.90 Å². The van der Waals surface area contributed by atoms with Gasteiger partial charge in [-0.25, -0.2) is 0 Å². The van der Waals surface area contributed by atoms with Crippen molar-refractivity contribution in [2.75, 3.05) is 25.0 Å². The molecule has 5 aliphatic rings. The monoisotopic (exact) mass is 340 g/mol. The van der Waals surface area contributed by atoms with Crippen LogP contribution in [0.5, 0.6) is 0 Å². The predicted molar refractivity (Wildman–Crippen MR) is 92.4 cm³/mol. The van der Waals surface area contributed by atoms with Crippen LogP contribution in [0.15, 0.2) is 24.3 Å². The number of esters is 1. The van der Waals surface area contributed by atoms with Gasteiger partial charge in [-0.05, 0) is 37.9 Å². The second kappa shape index (κ2) is 4.21. The first-order valence-electron chi connectivity index (χ1n) is 9.48. The number of aliphatic hydroxyl groups is 1. The number of likely N-dealkylation sites (N-methyl/N-ethyl adjacent to an activating group) is 1. The first kappa shape index (κ1) is 14.6. The molecule has 7 unspecified atom stereocenters. The summed E-state index contributed by atoms with van der Waals surface area (Å²) in [4.78, 5) is 18.1. The number of carbonyl (C=O) groups is 1. The maximum Gasteiger partial charge on any atom is 0.311 e. The molecular weight excluding hydrogens is 316 g/mol. The molecule has 132 valence electrons. The Balaban J connectivity index is 1.64. The number of hydrogen-bond acceptors (Lipinski definition) is 5. The lowest BCUT2D eigenvalue weighted by Crippen LogP contribution is -2.76. The molecule has 1 aromatic rings. The minimum absolute atomic E-state index is 0.0804. The standard InChI is InChI=1S/C20H24N2O3/c1-11(23)20-10-22-8-7-19-12-5-3-4-6-14(12)21(2)17(19)15(22)9-13(20)16(19)18(24)25-20/h3-6,11,13,15-17,23H,7-10H2,1-2H3. The lowest BCUT2D eigenvalue weighted by Gasteiger charge is -2.63. The van der Waals surface area contributed by atoms with Crippen molar-refractivity contribution in [2.24, 2.45) is 11.8 Å². The largest absolute Gasteiger partial charge is 0.454 e. The van der Waals surface area contributed by atoms with Gasteiger partial charge in [0.1, 0.15) is 0 Å². The molecule has 25 heavy (non-hydrogen) atoms. The molecule has 5 nitrogen and oxygen atoms in total. The molecule has 0 aromatic heterocycles. The van der Waals surface area contributed by atoms with Crippen molar-refractivity contribution >= 4 is 11.7 Å². The van der Waals surface area contributed by atoms with Crippen molar-refractivity contribution in [1.29, 1.82) is 0 Å². The zero-order valence-electron chi connectivity index (χ0n) is 14.7. The lowest BCUT2D eigenvalue weighted by atomic mass is 9.49. The molecule has 1 aromatic carbocycles. The third-order valence-electron chi connectivity index (χ3n) is 8.16. The Morgan fingerprint density at radius 3 is 2.96 bits per heavy atom. The van der Waals surface area contributed by atoms with Crippen molar-refractivity contribution in [1.82, 2.24) is 4.90 Å². The molecule has 0 radical (unpaired) electrons. The number of nitrogens with zero attached hydrogens (tertiary/aromatic N) is 2. The van der Waals surface area contributed by atoms with Gasteiger partial charge in [-0.2, -0.15) is 0 Å².